The molecule has 0 aromatic rings. The number of hydrogen-bond donors (Lipinski definition) is 1. The minimum absolute atomic E-state index is 0.0214. The Morgan fingerprint density at radius 1 is 1.44 bits per heavy atom. The van der Waals surface area contributed by atoms with Crippen molar-refractivity contribution in [2.24, 2.45) is 0 Å². The highest BCUT2D eigenvalue weighted by atomic mass is 16.6. The highest BCUT2D eigenvalue weighted by Gasteiger charge is 2.49. The molecule has 2 aliphatic rings. The van der Waals surface area contributed by atoms with Gasteiger partial charge in [0.1, 0.15) is 6.61 Å². The van der Waals surface area contributed by atoms with Gasteiger partial charge in [-0.1, -0.05) is 31.4 Å². The molecule has 1 amide bonds. The van der Waals surface area contributed by atoms with Gasteiger partial charge in [0.05, 0.1) is 5.54 Å². The lowest BCUT2D eigenvalue weighted by atomic mass is 9.84. The van der Waals surface area contributed by atoms with Gasteiger partial charge in [-0.15, -0.1) is 0 Å². The summed E-state index contributed by atoms with van der Waals surface area (Å²) in [6.07, 6.45) is 7.02. The van der Waals surface area contributed by atoms with E-state index in [-0.39, 0.29) is 18.2 Å². The molecule has 0 aromatic heterocycles. The molecule has 2 aliphatic heterocycles. The van der Waals surface area contributed by atoms with Crippen LogP contribution in [-0.2, 0) is 4.74 Å². The van der Waals surface area contributed by atoms with Crippen molar-refractivity contribution >= 4 is 6.09 Å². The molecule has 4 heteroatoms. The van der Waals surface area contributed by atoms with E-state index < -0.39 is 0 Å². The highest BCUT2D eigenvalue weighted by molar-refractivity contribution is 5.70. The van der Waals surface area contributed by atoms with Crippen LogP contribution >= 0.6 is 0 Å². The van der Waals surface area contributed by atoms with Crippen molar-refractivity contribution in [3.63, 3.8) is 0 Å². The summed E-state index contributed by atoms with van der Waals surface area (Å²) < 4.78 is 5.31. The number of rotatable bonds is 4. The van der Waals surface area contributed by atoms with Gasteiger partial charge in [0, 0.05) is 13.1 Å². The average molecular weight is 248 g/mol. The number of ether oxygens (including phenoxy) is 1. The van der Waals surface area contributed by atoms with Crippen LogP contribution < -0.4 is 5.32 Å². The smallest absolute Gasteiger partial charge is 0.410 e. The first-order valence-electron chi connectivity index (χ1n) is 6.31. The Kier molecular flexibility index (Phi) is 3.87. The Hall–Kier alpha value is -1.55. The summed E-state index contributed by atoms with van der Waals surface area (Å²) in [4.78, 5) is 13.8. The summed E-state index contributed by atoms with van der Waals surface area (Å²) in [7, 11) is 0. The second-order valence-electron chi connectivity index (χ2n) is 4.79. The third-order valence-corrected chi connectivity index (χ3v) is 3.77. The first-order chi connectivity index (χ1) is 8.72. The normalized spacial score (nSPS) is 26.9. The zero-order valence-electron chi connectivity index (χ0n) is 10.7. The predicted molar refractivity (Wildman–Crippen MR) is 71.4 cm³/mol. The molecule has 2 rings (SSSR count). The van der Waals surface area contributed by atoms with Gasteiger partial charge < -0.3 is 15.0 Å². The number of hydrogen-bond acceptors (Lipinski definition) is 3. The van der Waals surface area contributed by atoms with Gasteiger partial charge in [-0.25, -0.2) is 4.79 Å². The molecule has 0 aromatic carbocycles. The van der Waals surface area contributed by atoms with Gasteiger partial charge in [-0.2, -0.15) is 0 Å². The summed E-state index contributed by atoms with van der Waals surface area (Å²) >= 11 is 0. The van der Waals surface area contributed by atoms with E-state index in [0.29, 0.717) is 0 Å². The SMILES string of the molecule is C=C/C=C(\C=C)COC(=O)N1CC[C@@]12CCNC2. The molecule has 2 fully saturated rings. The van der Waals surface area contributed by atoms with Crippen molar-refractivity contribution in [2.75, 3.05) is 26.2 Å². The third-order valence-electron chi connectivity index (χ3n) is 3.77. The number of carbonyl (C=O) groups excluding carboxylic acids is 1. The molecule has 2 heterocycles. The summed E-state index contributed by atoms with van der Waals surface area (Å²) in [5.74, 6) is 0. The van der Waals surface area contributed by atoms with Gasteiger partial charge in [-0.05, 0) is 25.0 Å². The molecule has 2 saturated heterocycles. The topological polar surface area (TPSA) is 41.6 Å². The second-order valence-corrected chi connectivity index (χ2v) is 4.79. The second kappa shape index (κ2) is 5.40. The molecule has 0 unspecified atom stereocenters. The van der Waals surface area contributed by atoms with Crippen molar-refractivity contribution < 1.29 is 9.53 Å². The first kappa shape index (κ1) is 12.9. The molecule has 0 radical (unpaired) electrons. The Morgan fingerprint density at radius 2 is 2.28 bits per heavy atom. The molecule has 4 nitrogen and oxygen atoms in total. The maximum absolute atomic E-state index is 12.0. The van der Waals surface area contributed by atoms with Crippen LogP contribution in [0.2, 0.25) is 0 Å². The minimum Gasteiger partial charge on any atom is -0.445 e. The van der Waals surface area contributed by atoms with Crippen LogP contribution in [0.15, 0.2) is 37.0 Å². The zero-order chi connectivity index (χ0) is 13.0. The lowest BCUT2D eigenvalue weighted by molar-refractivity contribution is 0.0000128. The molecule has 0 aliphatic carbocycles. The van der Waals surface area contributed by atoms with E-state index in [2.05, 4.69) is 18.5 Å². The number of allylic oxidation sites excluding steroid dienone is 2. The van der Waals surface area contributed by atoms with E-state index in [1.807, 2.05) is 4.90 Å². The van der Waals surface area contributed by atoms with Gasteiger partial charge in [0.25, 0.3) is 0 Å². The van der Waals surface area contributed by atoms with Crippen molar-refractivity contribution in [3.05, 3.63) is 37.0 Å². The van der Waals surface area contributed by atoms with Crippen LogP contribution in [0.1, 0.15) is 12.8 Å². The summed E-state index contributed by atoms with van der Waals surface area (Å²) in [5, 5.41) is 3.31. The lowest BCUT2D eigenvalue weighted by Crippen LogP contribution is -2.63. The molecule has 1 atom stereocenters. The van der Waals surface area contributed by atoms with Gasteiger partial charge in [-0.3, -0.25) is 0 Å². The number of carbonyl (C=O) groups is 1. The molecule has 0 saturated carbocycles. The molecule has 0 bridgehead atoms. The lowest BCUT2D eigenvalue weighted by Gasteiger charge is -2.49. The van der Waals surface area contributed by atoms with Crippen molar-refractivity contribution in [1.82, 2.24) is 10.2 Å². The number of nitrogens with one attached hydrogen (secondary N) is 1. The van der Waals surface area contributed by atoms with E-state index in [1.54, 1.807) is 18.2 Å². The number of amides is 1. The Morgan fingerprint density at radius 3 is 2.78 bits per heavy atom. The maximum atomic E-state index is 12.0. The minimum atomic E-state index is -0.221. The molecule has 18 heavy (non-hydrogen) atoms. The quantitative estimate of drug-likeness (QED) is 0.772. The summed E-state index contributed by atoms with van der Waals surface area (Å²) in [6, 6.07) is 0. The zero-order valence-corrected chi connectivity index (χ0v) is 10.7. The van der Waals surface area contributed by atoms with Gasteiger partial charge >= 0.3 is 6.09 Å². The van der Waals surface area contributed by atoms with Crippen LogP contribution in [0, 0.1) is 0 Å². The maximum Gasteiger partial charge on any atom is 0.410 e. The number of likely N-dealkylation sites (tertiary alicyclic amines) is 1. The molecular weight excluding hydrogens is 228 g/mol. The largest absolute Gasteiger partial charge is 0.445 e. The predicted octanol–water partition coefficient (Wildman–Crippen LogP) is 1.86. The summed E-state index contributed by atoms with van der Waals surface area (Å²) in [5.41, 5.74) is 0.880. The van der Waals surface area contributed by atoms with E-state index in [9.17, 15) is 4.79 Å². The van der Waals surface area contributed by atoms with Gasteiger partial charge in [0.2, 0.25) is 0 Å². The van der Waals surface area contributed by atoms with Crippen LogP contribution in [0.4, 0.5) is 4.79 Å². The fourth-order valence-electron chi connectivity index (χ4n) is 2.55. The van der Waals surface area contributed by atoms with E-state index in [0.717, 1.165) is 38.0 Å². The fourth-order valence-corrected chi connectivity index (χ4v) is 2.55. The first-order valence-corrected chi connectivity index (χ1v) is 6.31. The molecular formula is C14H20N2O2. The molecule has 1 spiro atoms. The molecule has 98 valence electrons. The average Bonchev–Trinajstić information content (AvgIpc) is 2.84. The van der Waals surface area contributed by atoms with Crippen molar-refractivity contribution in [1.29, 1.82) is 0 Å². The van der Waals surface area contributed by atoms with E-state index in [4.69, 9.17) is 4.74 Å². The van der Waals surface area contributed by atoms with Crippen LogP contribution in [0.3, 0.4) is 0 Å². The van der Waals surface area contributed by atoms with Crippen LogP contribution in [-0.4, -0.2) is 42.8 Å². The van der Waals surface area contributed by atoms with E-state index >= 15 is 0 Å². The third kappa shape index (κ3) is 2.34. The monoisotopic (exact) mass is 248 g/mol. The highest BCUT2D eigenvalue weighted by Crippen LogP contribution is 2.36. The van der Waals surface area contributed by atoms with Crippen LogP contribution in [0.25, 0.3) is 0 Å². The van der Waals surface area contributed by atoms with Crippen LogP contribution in [0.5, 0.6) is 0 Å². The Bertz CT molecular complexity index is 381. The van der Waals surface area contributed by atoms with E-state index in [1.165, 1.54) is 0 Å². The number of nitrogens with zero attached hydrogens (tertiary/aromatic N) is 1. The summed E-state index contributed by atoms with van der Waals surface area (Å²) in [6.45, 7) is 10.2. The Labute approximate surface area is 108 Å². The Balaban J connectivity index is 1.87. The fraction of sp³-hybridized carbons (Fsp3) is 0.500. The van der Waals surface area contributed by atoms with Crippen molar-refractivity contribution in [2.45, 2.75) is 18.4 Å². The van der Waals surface area contributed by atoms with Crippen molar-refractivity contribution in [3.8, 4) is 0 Å². The van der Waals surface area contributed by atoms with Gasteiger partial charge in [0.15, 0.2) is 0 Å². The molecule has 1 N–H and O–H groups in total. The standard InChI is InChI=1S/C14H20N2O2/c1-3-5-12(4-2)10-18-13(17)16-9-7-14(16)6-8-15-11-14/h3-5,15H,1-2,6-11H2/b12-5+/t14-/m1/s1.